The second kappa shape index (κ2) is 6.76. The number of hydrogen-bond donors (Lipinski definition) is 2. The van der Waals surface area contributed by atoms with Crippen LogP contribution in [0.2, 0.25) is 0 Å². The number of carbonyl (C=O) groups excluding carboxylic acids is 1. The fraction of sp³-hybridized carbons (Fsp3) is 0.286. The topological polar surface area (TPSA) is 99.6 Å². The van der Waals surface area contributed by atoms with Crippen molar-refractivity contribution < 1.29 is 18.8 Å². The highest BCUT2D eigenvalue weighted by molar-refractivity contribution is 5.91. The molecule has 0 aliphatic carbocycles. The van der Waals surface area contributed by atoms with E-state index in [2.05, 4.69) is 12.1 Å². The van der Waals surface area contributed by atoms with E-state index in [1.165, 1.54) is 6.07 Å². The lowest BCUT2D eigenvalue weighted by molar-refractivity contribution is 0.0944. The number of amides is 1. The minimum absolute atomic E-state index is 0.101. The lowest BCUT2D eigenvalue weighted by Gasteiger charge is -2.10. The highest BCUT2D eigenvalue weighted by Crippen LogP contribution is 2.29. The quantitative estimate of drug-likeness (QED) is 0.474. The number of nitrogens with one attached hydrogen (secondary N) is 1. The van der Waals surface area contributed by atoms with Crippen LogP contribution in [0.5, 0.6) is 11.5 Å². The van der Waals surface area contributed by atoms with Crippen molar-refractivity contribution in [3.8, 4) is 11.5 Å². The van der Waals surface area contributed by atoms with Gasteiger partial charge in [-0.25, -0.2) is 5.84 Å². The zero-order valence-electron chi connectivity index (χ0n) is 11.9. The molecule has 1 aromatic carbocycles. The summed E-state index contributed by atoms with van der Waals surface area (Å²) in [6.07, 6.45) is 0.913. The lowest BCUT2D eigenvalue weighted by Crippen LogP contribution is -2.30. The van der Waals surface area contributed by atoms with Gasteiger partial charge in [0.2, 0.25) is 0 Å². The summed E-state index contributed by atoms with van der Waals surface area (Å²) in [6.45, 7) is 2.19. The zero-order valence-corrected chi connectivity index (χ0v) is 11.9. The van der Waals surface area contributed by atoms with E-state index in [9.17, 15) is 4.79 Å². The number of aromatic nitrogens is 1. The van der Waals surface area contributed by atoms with Crippen molar-refractivity contribution in [2.75, 3.05) is 7.11 Å². The number of nitrogens with two attached hydrogens (primary N) is 1. The molecule has 0 saturated heterocycles. The van der Waals surface area contributed by atoms with Gasteiger partial charge in [-0.2, -0.15) is 0 Å². The van der Waals surface area contributed by atoms with Crippen molar-refractivity contribution in [1.82, 2.24) is 10.6 Å². The summed E-state index contributed by atoms with van der Waals surface area (Å²) >= 11 is 0. The van der Waals surface area contributed by atoms with Crippen molar-refractivity contribution in [2.24, 2.45) is 5.84 Å². The molecule has 1 aromatic heterocycles. The molecule has 2 rings (SSSR count). The Kier molecular flexibility index (Phi) is 4.78. The van der Waals surface area contributed by atoms with E-state index in [0.29, 0.717) is 17.3 Å². The summed E-state index contributed by atoms with van der Waals surface area (Å²) in [5, 5.41) is 3.59. The van der Waals surface area contributed by atoms with Crippen LogP contribution in [-0.4, -0.2) is 18.2 Å². The first-order chi connectivity index (χ1) is 10.2. The van der Waals surface area contributed by atoms with Crippen molar-refractivity contribution >= 4 is 5.91 Å². The summed E-state index contributed by atoms with van der Waals surface area (Å²) in [6, 6.07) is 7.19. The highest BCUT2D eigenvalue weighted by atomic mass is 16.5. The number of methoxy groups -OCH3 is 1. The van der Waals surface area contributed by atoms with Crippen LogP contribution in [0.25, 0.3) is 0 Å². The molecule has 0 atom stereocenters. The third-order valence-electron chi connectivity index (χ3n) is 2.93. The van der Waals surface area contributed by atoms with Crippen LogP contribution in [0.1, 0.15) is 28.7 Å². The van der Waals surface area contributed by atoms with Gasteiger partial charge in [-0.1, -0.05) is 18.1 Å². The Hall–Kier alpha value is -2.54. The zero-order chi connectivity index (χ0) is 15.2. The van der Waals surface area contributed by atoms with Gasteiger partial charge < -0.3 is 14.0 Å². The molecule has 0 radical (unpaired) electrons. The van der Waals surface area contributed by atoms with Crippen molar-refractivity contribution in [3.63, 3.8) is 0 Å². The number of nitrogen functional groups attached to an aromatic ring is 1. The molecule has 21 heavy (non-hydrogen) atoms. The average molecular weight is 291 g/mol. The van der Waals surface area contributed by atoms with Gasteiger partial charge in [-0.05, 0) is 24.1 Å². The van der Waals surface area contributed by atoms with Gasteiger partial charge in [0.25, 0.3) is 5.91 Å². The largest absolute Gasteiger partial charge is 0.493 e. The smallest absolute Gasteiger partial charge is 0.287 e. The second-order valence-electron chi connectivity index (χ2n) is 4.28. The molecule has 1 heterocycles. The van der Waals surface area contributed by atoms with E-state index in [-0.39, 0.29) is 12.3 Å². The SMILES string of the molecule is CCc1ccc(OCc2cc(C(=O)NN)no2)c(OC)c1. The molecule has 0 saturated carbocycles. The van der Waals surface area contributed by atoms with Crippen molar-refractivity contribution in [1.29, 1.82) is 0 Å². The monoisotopic (exact) mass is 291 g/mol. The van der Waals surface area contributed by atoms with Gasteiger partial charge in [-0.15, -0.1) is 0 Å². The Balaban J connectivity index is 2.06. The molecule has 0 aliphatic rings. The number of hydrazine groups is 1. The van der Waals surface area contributed by atoms with Gasteiger partial charge >= 0.3 is 0 Å². The van der Waals surface area contributed by atoms with Crippen LogP contribution < -0.4 is 20.7 Å². The third-order valence-corrected chi connectivity index (χ3v) is 2.93. The standard InChI is InChI=1S/C14H17N3O4/c1-3-9-4-5-12(13(6-9)19-2)20-8-10-7-11(17-21-10)14(18)16-15/h4-7H,3,8,15H2,1-2H3,(H,16,18). The van der Waals surface area contributed by atoms with E-state index in [4.69, 9.17) is 19.8 Å². The molecule has 3 N–H and O–H groups in total. The van der Waals surface area contributed by atoms with Crippen LogP contribution in [-0.2, 0) is 13.0 Å². The van der Waals surface area contributed by atoms with E-state index >= 15 is 0 Å². The average Bonchev–Trinajstić information content (AvgIpc) is 3.00. The maximum atomic E-state index is 11.3. The predicted molar refractivity (Wildman–Crippen MR) is 74.9 cm³/mol. The van der Waals surface area contributed by atoms with Crippen molar-refractivity contribution in [2.45, 2.75) is 20.0 Å². The van der Waals surface area contributed by atoms with Crippen LogP contribution >= 0.6 is 0 Å². The minimum atomic E-state index is -0.519. The van der Waals surface area contributed by atoms with E-state index in [1.54, 1.807) is 7.11 Å². The molecule has 0 aliphatic heterocycles. The molecular formula is C14H17N3O4. The molecule has 0 unspecified atom stereocenters. The molecule has 7 nitrogen and oxygen atoms in total. The molecule has 0 spiro atoms. The van der Waals surface area contributed by atoms with E-state index < -0.39 is 5.91 Å². The fourth-order valence-corrected chi connectivity index (χ4v) is 1.76. The molecule has 0 bridgehead atoms. The highest BCUT2D eigenvalue weighted by Gasteiger charge is 2.12. The number of carbonyl (C=O) groups is 1. The lowest BCUT2D eigenvalue weighted by atomic mass is 10.1. The van der Waals surface area contributed by atoms with Gasteiger partial charge in [0, 0.05) is 6.07 Å². The first kappa shape index (κ1) is 14.9. The maximum Gasteiger partial charge on any atom is 0.287 e. The van der Waals surface area contributed by atoms with Gasteiger partial charge in [0.05, 0.1) is 7.11 Å². The predicted octanol–water partition coefficient (Wildman–Crippen LogP) is 1.43. The van der Waals surface area contributed by atoms with Crippen LogP contribution in [0.15, 0.2) is 28.8 Å². The summed E-state index contributed by atoms with van der Waals surface area (Å²) in [5.41, 5.74) is 3.23. The summed E-state index contributed by atoms with van der Waals surface area (Å²) in [7, 11) is 1.58. The number of nitrogens with zero attached hydrogens (tertiary/aromatic N) is 1. The maximum absolute atomic E-state index is 11.3. The third kappa shape index (κ3) is 3.51. The molecular weight excluding hydrogens is 274 g/mol. The van der Waals surface area contributed by atoms with Gasteiger partial charge in [-0.3, -0.25) is 10.2 Å². The Bertz CT molecular complexity index is 624. The Morgan fingerprint density at radius 3 is 2.86 bits per heavy atom. The van der Waals surface area contributed by atoms with E-state index in [0.717, 1.165) is 12.0 Å². The van der Waals surface area contributed by atoms with Crippen LogP contribution in [0, 0.1) is 0 Å². The molecule has 0 fully saturated rings. The van der Waals surface area contributed by atoms with Crippen LogP contribution in [0.3, 0.4) is 0 Å². The first-order valence-electron chi connectivity index (χ1n) is 6.44. The number of hydrogen-bond acceptors (Lipinski definition) is 6. The number of rotatable bonds is 6. The Morgan fingerprint density at radius 2 is 2.19 bits per heavy atom. The summed E-state index contributed by atoms with van der Waals surface area (Å²) in [4.78, 5) is 11.3. The Labute approximate surface area is 122 Å². The first-order valence-corrected chi connectivity index (χ1v) is 6.44. The summed E-state index contributed by atoms with van der Waals surface area (Å²) < 4.78 is 15.9. The van der Waals surface area contributed by atoms with E-state index in [1.807, 2.05) is 23.6 Å². The number of aryl methyl sites for hydroxylation is 1. The fourth-order valence-electron chi connectivity index (χ4n) is 1.76. The molecule has 7 heteroatoms. The van der Waals surface area contributed by atoms with Gasteiger partial charge in [0.15, 0.2) is 23.0 Å². The Morgan fingerprint density at radius 1 is 1.38 bits per heavy atom. The molecule has 112 valence electrons. The second-order valence-corrected chi connectivity index (χ2v) is 4.28. The minimum Gasteiger partial charge on any atom is -0.493 e. The van der Waals surface area contributed by atoms with Crippen molar-refractivity contribution in [3.05, 3.63) is 41.3 Å². The molecule has 1 amide bonds. The van der Waals surface area contributed by atoms with Gasteiger partial charge in [0.1, 0.15) is 6.61 Å². The van der Waals surface area contributed by atoms with Crippen LogP contribution in [0.4, 0.5) is 0 Å². The number of benzene rings is 1. The summed E-state index contributed by atoms with van der Waals surface area (Å²) in [5.74, 6) is 6.15. The normalized spacial score (nSPS) is 10.2. The number of ether oxygens (including phenoxy) is 2. The molecule has 2 aromatic rings.